The summed E-state index contributed by atoms with van der Waals surface area (Å²) in [5.74, 6) is 0. The van der Waals surface area contributed by atoms with Gasteiger partial charge in [0.25, 0.3) is 0 Å². The van der Waals surface area contributed by atoms with Crippen molar-refractivity contribution in [1.82, 2.24) is 15.1 Å². The molecule has 1 unspecified atom stereocenters. The van der Waals surface area contributed by atoms with Crippen molar-refractivity contribution in [3.8, 4) is 5.69 Å². The Kier molecular flexibility index (Phi) is 4.65. The number of aromatic nitrogens is 2. The second kappa shape index (κ2) is 7.05. The first-order chi connectivity index (χ1) is 11.8. The molecule has 3 heterocycles. The molecule has 24 heavy (non-hydrogen) atoms. The molecule has 4 rings (SSSR count). The van der Waals surface area contributed by atoms with E-state index in [2.05, 4.69) is 28.6 Å². The largest absolute Gasteiger partial charge is 0.381 e. The van der Waals surface area contributed by atoms with Crippen LogP contribution in [0.25, 0.3) is 5.69 Å². The maximum absolute atomic E-state index is 6.11. The summed E-state index contributed by atoms with van der Waals surface area (Å²) in [5.41, 5.74) is 2.21. The first-order valence-electron chi connectivity index (χ1n) is 8.88. The highest BCUT2D eigenvalue weighted by Gasteiger charge is 2.38. The predicted octanol–water partition coefficient (Wildman–Crippen LogP) is 2.69. The van der Waals surface area contributed by atoms with Crippen molar-refractivity contribution in [2.24, 2.45) is 0 Å². The zero-order valence-corrected chi connectivity index (χ0v) is 14.0. The van der Waals surface area contributed by atoms with Gasteiger partial charge in [-0.15, -0.1) is 0 Å². The number of para-hydroxylation sites is 1. The molecule has 128 valence electrons. The van der Waals surface area contributed by atoms with E-state index < -0.39 is 0 Å². The number of rotatable bonds is 4. The predicted molar refractivity (Wildman–Crippen MR) is 92.2 cm³/mol. The molecule has 1 aromatic carbocycles. The van der Waals surface area contributed by atoms with Crippen molar-refractivity contribution in [3.63, 3.8) is 0 Å². The molecule has 2 aliphatic heterocycles. The van der Waals surface area contributed by atoms with E-state index in [-0.39, 0.29) is 5.60 Å². The van der Waals surface area contributed by atoms with E-state index in [4.69, 9.17) is 9.47 Å². The van der Waals surface area contributed by atoms with Crippen LogP contribution in [-0.4, -0.2) is 41.2 Å². The Morgan fingerprint density at radius 2 is 1.96 bits per heavy atom. The van der Waals surface area contributed by atoms with Crippen molar-refractivity contribution in [1.29, 1.82) is 0 Å². The average Bonchev–Trinajstić information content (AvgIpc) is 3.11. The van der Waals surface area contributed by atoms with E-state index in [0.29, 0.717) is 6.04 Å². The average molecular weight is 327 g/mol. The first kappa shape index (κ1) is 15.8. The molecular formula is C19H25N3O2. The van der Waals surface area contributed by atoms with Gasteiger partial charge in [0, 0.05) is 38.6 Å². The van der Waals surface area contributed by atoms with E-state index >= 15 is 0 Å². The van der Waals surface area contributed by atoms with Gasteiger partial charge < -0.3 is 14.8 Å². The Bertz CT molecular complexity index is 644. The minimum Gasteiger partial charge on any atom is -0.381 e. The fourth-order valence-corrected chi connectivity index (χ4v) is 3.72. The van der Waals surface area contributed by atoms with E-state index in [9.17, 15) is 0 Å². The van der Waals surface area contributed by atoms with Crippen LogP contribution in [0.4, 0.5) is 0 Å². The van der Waals surface area contributed by atoms with Crippen molar-refractivity contribution in [3.05, 3.63) is 48.3 Å². The molecular weight excluding hydrogens is 302 g/mol. The standard InChI is InChI=1S/C19H25N3O2/c1-2-4-18(5-3-1)22-10-6-17(21-22)15-20-16-7-11-24-19(14-16)8-12-23-13-9-19/h1-6,10,16,20H,7-9,11-15H2. The van der Waals surface area contributed by atoms with E-state index in [0.717, 1.165) is 63.4 Å². The molecule has 2 aliphatic rings. The minimum absolute atomic E-state index is 0.0393. The summed E-state index contributed by atoms with van der Waals surface area (Å²) in [6, 6.07) is 12.8. The molecule has 0 bridgehead atoms. The Hall–Kier alpha value is -1.69. The van der Waals surface area contributed by atoms with Gasteiger partial charge in [-0.25, -0.2) is 4.68 Å². The molecule has 1 atom stereocenters. The number of hydrogen-bond acceptors (Lipinski definition) is 4. The van der Waals surface area contributed by atoms with Crippen LogP contribution < -0.4 is 5.32 Å². The molecule has 2 fully saturated rings. The maximum atomic E-state index is 6.11. The van der Waals surface area contributed by atoms with Crippen LogP contribution in [0.1, 0.15) is 31.4 Å². The molecule has 1 spiro atoms. The van der Waals surface area contributed by atoms with Gasteiger partial charge in [-0.2, -0.15) is 5.10 Å². The summed E-state index contributed by atoms with van der Waals surface area (Å²) in [4.78, 5) is 0. The summed E-state index contributed by atoms with van der Waals surface area (Å²) >= 11 is 0. The fourth-order valence-electron chi connectivity index (χ4n) is 3.72. The molecule has 0 amide bonds. The lowest BCUT2D eigenvalue weighted by Crippen LogP contribution is -2.49. The van der Waals surface area contributed by atoms with Gasteiger partial charge >= 0.3 is 0 Å². The minimum atomic E-state index is 0.0393. The van der Waals surface area contributed by atoms with Gasteiger partial charge in [-0.1, -0.05) is 18.2 Å². The third kappa shape index (κ3) is 3.53. The van der Waals surface area contributed by atoms with Gasteiger partial charge in [-0.3, -0.25) is 0 Å². The lowest BCUT2D eigenvalue weighted by Gasteiger charge is -2.43. The number of benzene rings is 1. The highest BCUT2D eigenvalue weighted by molar-refractivity contribution is 5.30. The molecule has 1 N–H and O–H groups in total. The van der Waals surface area contributed by atoms with Crippen LogP contribution in [0.3, 0.4) is 0 Å². The molecule has 0 aliphatic carbocycles. The molecule has 2 saturated heterocycles. The number of nitrogens with zero attached hydrogens (tertiary/aromatic N) is 2. The van der Waals surface area contributed by atoms with Gasteiger partial charge in [0.05, 0.1) is 17.0 Å². The van der Waals surface area contributed by atoms with Crippen LogP contribution in [0.5, 0.6) is 0 Å². The second-order valence-corrected chi connectivity index (χ2v) is 6.80. The van der Waals surface area contributed by atoms with Crippen LogP contribution in [0.15, 0.2) is 42.6 Å². The summed E-state index contributed by atoms with van der Waals surface area (Å²) in [5, 5.41) is 8.35. The van der Waals surface area contributed by atoms with Crippen LogP contribution in [0.2, 0.25) is 0 Å². The third-order valence-corrected chi connectivity index (χ3v) is 5.13. The third-order valence-electron chi connectivity index (χ3n) is 5.13. The van der Waals surface area contributed by atoms with Crippen molar-refractivity contribution in [2.45, 2.75) is 43.9 Å². The summed E-state index contributed by atoms with van der Waals surface area (Å²) in [6.45, 7) is 3.30. The number of nitrogens with one attached hydrogen (secondary N) is 1. The molecule has 0 radical (unpaired) electrons. The smallest absolute Gasteiger partial charge is 0.0766 e. The molecule has 1 aromatic heterocycles. The SMILES string of the molecule is c1ccc(-n2ccc(CNC3CCOC4(CCOCC4)C3)n2)cc1. The van der Waals surface area contributed by atoms with Crippen LogP contribution >= 0.6 is 0 Å². The maximum Gasteiger partial charge on any atom is 0.0766 e. The van der Waals surface area contributed by atoms with Gasteiger partial charge in [0.1, 0.15) is 0 Å². The highest BCUT2D eigenvalue weighted by atomic mass is 16.5. The molecule has 2 aromatic rings. The van der Waals surface area contributed by atoms with Crippen LogP contribution in [0, 0.1) is 0 Å². The summed E-state index contributed by atoms with van der Waals surface area (Å²) in [6.07, 6.45) is 6.22. The van der Waals surface area contributed by atoms with Crippen molar-refractivity contribution >= 4 is 0 Å². The normalized spacial score (nSPS) is 23.4. The summed E-state index contributed by atoms with van der Waals surface area (Å²) in [7, 11) is 0. The molecule has 0 saturated carbocycles. The topological polar surface area (TPSA) is 48.3 Å². The highest BCUT2D eigenvalue weighted by Crippen LogP contribution is 2.34. The van der Waals surface area contributed by atoms with Crippen LogP contribution in [-0.2, 0) is 16.0 Å². The molecule has 5 nitrogen and oxygen atoms in total. The zero-order chi connectivity index (χ0) is 16.2. The number of hydrogen-bond donors (Lipinski definition) is 1. The lowest BCUT2D eigenvalue weighted by molar-refractivity contribution is -0.140. The zero-order valence-electron chi connectivity index (χ0n) is 14.0. The van der Waals surface area contributed by atoms with Gasteiger partial charge in [0.15, 0.2) is 0 Å². The van der Waals surface area contributed by atoms with E-state index in [1.807, 2.05) is 29.1 Å². The van der Waals surface area contributed by atoms with Gasteiger partial charge in [-0.05, 0) is 43.9 Å². The summed E-state index contributed by atoms with van der Waals surface area (Å²) < 4.78 is 13.5. The van der Waals surface area contributed by atoms with E-state index in [1.54, 1.807) is 0 Å². The molecule has 5 heteroatoms. The van der Waals surface area contributed by atoms with Gasteiger partial charge in [0.2, 0.25) is 0 Å². The van der Waals surface area contributed by atoms with Crippen molar-refractivity contribution < 1.29 is 9.47 Å². The lowest BCUT2D eigenvalue weighted by atomic mass is 9.84. The number of ether oxygens (including phenoxy) is 2. The monoisotopic (exact) mass is 327 g/mol. The van der Waals surface area contributed by atoms with Crippen molar-refractivity contribution in [2.75, 3.05) is 19.8 Å². The quantitative estimate of drug-likeness (QED) is 0.938. The Morgan fingerprint density at radius 1 is 1.12 bits per heavy atom. The Labute approximate surface area is 143 Å². The van der Waals surface area contributed by atoms with E-state index in [1.165, 1.54) is 0 Å². The Balaban J connectivity index is 1.34. The fraction of sp³-hybridized carbons (Fsp3) is 0.526. The first-order valence-corrected chi connectivity index (χ1v) is 8.88. The second-order valence-electron chi connectivity index (χ2n) is 6.80. The Morgan fingerprint density at radius 3 is 2.79 bits per heavy atom.